The number of Topliss-reactive ketones (excluding diaryl/α,β-unsaturated/α-hetero) is 1. The molecule has 3 rings (SSSR count). The third-order valence-electron chi connectivity index (χ3n) is 4.12. The highest BCUT2D eigenvalue weighted by Gasteiger charge is 2.25. The largest absolute Gasteiger partial charge is 0.299 e. The van der Waals surface area contributed by atoms with Crippen molar-refractivity contribution in [3.8, 4) is 0 Å². The van der Waals surface area contributed by atoms with Gasteiger partial charge in [0.15, 0.2) is 0 Å². The van der Waals surface area contributed by atoms with Crippen LogP contribution in [0.3, 0.4) is 0 Å². The van der Waals surface area contributed by atoms with Gasteiger partial charge in [0.1, 0.15) is 5.78 Å². The molecule has 1 aliphatic rings. The van der Waals surface area contributed by atoms with Crippen molar-refractivity contribution in [3.63, 3.8) is 0 Å². The number of hydrogen-bond acceptors (Lipinski definition) is 1. The molecule has 0 aromatic heterocycles. The second-order valence-electron chi connectivity index (χ2n) is 5.54. The Balaban J connectivity index is 1.81. The Hall–Kier alpha value is -1.31. The van der Waals surface area contributed by atoms with E-state index in [1.807, 2.05) is 18.2 Å². The van der Waals surface area contributed by atoms with Crippen LogP contribution in [0.1, 0.15) is 35.4 Å². The Morgan fingerprint density at radius 2 is 1.90 bits per heavy atom. The minimum atomic E-state index is 0.0180. The number of hydrogen-bond donors (Lipinski definition) is 0. The van der Waals surface area contributed by atoms with Crippen LogP contribution in [0, 0.1) is 0 Å². The van der Waals surface area contributed by atoms with Crippen molar-refractivity contribution in [2.24, 2.45) is 0 Å². The number of rotatable bonds is 3. The number of ketones is 1. The topological polar surface area (TPSA) is 17.1 Å². The molecule has 0 aliphatic heterocycles. The first-order chi connectivity index (χ1) is 10.1. The normalized spacial score (nSPS) is 17.3. The molecule has 21 heavy (non-hydrogen) atoms. The molecular weight excluding hydrogens is 303 g/mol. The van der Waals surface area contributed by atoms with Crippen molar-refractivity contribution in [1.82, 2.24) is 0 Å². The highest BCUT2D eigenvalue weighted by molar-refractivity contribution is 6.42. The van der Waals surface area contributed by atoms with Crippen LogP contribution >= 0.6 is 23.2 Å². The average molecular weight is 319 g/mol. The summed E-state index contributed by atoms with van der Waals surface area (Å²) >= 11 is 11.9. The Kier molecular flexibility index (Phi) is 4.32. The summed E-state index contributed by atoms with van der Waals surface area (Å²) in [6, 6.07) is 13.7. The number of halogens is 2. The van der Waals surface area contributed by atoms with Gasteiger partial charge in [-0.15, -0.1) is 0 Å². The first-order valence-corrected chi connectivity index (χ1v) is 7.95. The van der Waals surface area contributed by atoms with E-state index < -0.39 is 0 Å². The van der Waals surface area contributed by atoms with Gasteiger partial charge in [0.25, 0.3) is 0 Å². The maximum absolute atomic E-state index is 12.7. The van der Waals surface area contributed by atoms with Crippen molar-refractivity contribution in [1.29, 1.82) is 0 Å². The lowest BCUT2D eigenvalue weighted by atomic mass is 9.79. The lowest BCUT2D eigenvalue weighted by Gasteiger charge is -2.24. The van der Waals surface area contributed by atoms with Gasteiger partial charge in [0.2, 0.25) is 0 Å². The fourth-order valence-electron chi connectivity index (χ4n) is 3.06. The number of carbonyl (C=O) groups excluding carboxylic acids is 1. The molecule has 0 bridgehead atoms. The first kappa shape index (κ1) is 14.6. The molecule has 108 valence electrons. The summed E-state index contributed by atoms with van der Waals surface area (Å²) in [5.74, 6) is 0.282. The van der Waals surface area contributed by atoms with Gasteiger partial charge in [0.05, 0.1) is 10.0 Å². The quantitative estimate of drug-likeness (QED) is 0.757. The summed E-state index contributed by atoms with van der Waals surface area (Å²) in [4.78, 5) is 12.7. The monoisotopic (exact) mass is 318 g/mol. The van der Waals surface area contributed by atoms with Crippen LogP contribution in [0.5, 0.6) is 0 Å². The third kappa shape index (κ3) is 3.14. The van der Waals surface area contributed by atoms with Crippen molar-refractivity contribution < 1.29 is 4.79 Å². The molecule has 0 fully saturated rings. The first-order valence-electron chi connectivity index (χ1n) is 7.19. The molecule has 1 atom stereocenters. The highest BCUT2D eigenvalue weighted by Crippen LogP contribution is 2.33. The van der Waals surface area contributed by atoms with Crippen LogP contribution in [-0.4, -0.2) is 5.78 Å². The maximum atomic E-state index is 12.7. The van der Waals surface area contributed by atoms with E-state index in [0.29, 0.717) is 16.5 Å². The lowest BCUT2D eigenvalue weighted by molar-refractivity contribution is -0.120. The third-order valence-corrected chi connectivity index (χ3v) is 4.86. The molecule has 0 spiro atoms. The molecule has 0 N–H and O–H groups in total. The van der Waals surface area contributed by atoms with Crippen LogP contribution in [0.2, 0.25) is 10.0 Å². The van der Waals surface area contributed by atoms with Gasteiger partial charge in [-0.3, -0.25) is 4.79 Å². The van der Waals surface area contributed by atoms with E-state index in [-0.39, 0.29) is 11.7 Å². The van der Waals surface area contributed by atoms with E-state index >= 15 is 0 Å². The standard InChI is InChI=1S/C18H16Cl2O/c19-16-9-8-12(10-17(16)20)11-18(21)15-7-3-5-13-4-1-2-6-14(13)15/h1-2,4,6,8-10,15H,3,5,7,11H2. The van der Waals surface area contributed by atoms with Gasteiger partial charge in [0, 0.05) is 12.3 Å². The number of benzene rings is 2. The molecule has 0 saturated heterocycles. The van der Waals surface area contributed by atoms with E-state index in [1.165, 1.54) is 11.1 Å². The predicted molar refractivity (Wildman–Crippen MR) is 87.3 cm³/mol. The fourth-order valence-corrected chi connectivity index (χ4v) is 3.38. The summed E-state index contributed by atoms with van der Waals surface area (Å²) in [6.07, 6.45) is 3.51. The van der Waals surface area contributed by atoms with Gasteiger partial charge in [-0.05, 0) is 48.1 Å². The minimum absolute atomic E-state index is 0.0180. The number of aryl methyl sites for hydroxylation is 1. The molecule has 2 aromatic carbocycles. The van der Waals surface area contributed by atoms with E-state index in [1.54, 1.807) is 12.1 Å². The van der Waals surface area contributed by atoms with E-state index in [4.69, 9.17) is 23.2 Å². The minimum Gasteiger partial charge on any atom is -0.299 e. The fraction of sp³-hybridized carbons (Fsp3) is 0.278. The van der Waals surface area contributed by atoms with Crippen molar-refractivity contribution in [3.05, 3.63) is 69.2 Å². The summed E-state index contributed by atoms with van der Waals surface area (Å²) < 4.78 is 0. The summed E-state index contributed by atoms with van der Waals surface area (Å²) in [5, 5.41) is 1.03. The molecule has 0 amide bonds. The Labute approximate surface area is 134 Å². The smallest absolute Gasteiger partial charge is 0.144 e. The molecule has 0 heterocycles. The Bertz CT molecular complexity index is 679. The van der Waals surface area contributed by atoms with Crippen LogP contribution in [0.25, 0.3) is 0 Å². The van der Waals surface area contributed by atoms with Gasteiger partial charge in [-0.25, -0.2) is 0 Å². The SMILES string of the molecule is O=C(Cc1ccc(Cl)c(Cl)c1)C1CCCc2ccccc21. The van der Waals surface area contributed by atoms with Crippen LogP contribution in [-0.2, 0) is 17.6 Å². The lowest BCUT2D eigenvalue weighted by Crippen LogP contribution is -2.20. The van der Waals surface area contributed by atoms with Crippen LogP contribution in [0.15, 0.2) is 42.5 Å². The van der Waals surface area contributed by atoms with Gasteiger partial charge in [-0.2, -0.15) is 0 Å². The van der Waals surface area contributed by atoms with Crippen molar-refractivity contribution in [2.45, 2.75) is 31.6 Å². The molecule has 0 saturated carbocycles. The molecule has 2 aromatic rings. The zero-order chi connectivity index (χ0) is 14.8. The second-order valence-corrected chi connectivity index (χ2v) is 6.35. The van der Waals surface area contributed by atoms with Crippen LogP contribution < -0.4 is 0 Å². The van der Waals surface area contributed by atoms with E-state index in [2.05, 4.69) is 12.1 Å². The highest BCUT2D eigenvalue weighted by atomic mass is 35.5. The zero-order valence-electron chi connectivity index (χ0n) is 11.6. The van der Waals surface area contributed by atoms with Crippen molar-refractivity contribution in [2.75, 3.05) is 0 Å². The summed E-state index contributed by atoms with van der Waals surface area (Å²) in [7, 11) is 0. The molecule has 3 heteroatoms. The maximum Gasteiger partial charge on any atom is 0.144 e. The number of carbonyl (C=O) groups is 1. The molecule has 1 aliphatic carbocycles. The molecule has 1 unspecified atom stereocenters. The van der Waals surface area contributed by atoms with E-state index in [9.17, 15) is 4.79 Å². The summed E-state index contributed by atoms with van der Waals surface area (Å²) in [5.41, 5.74) is 3.45. The van der Waals surface area contributed by atoms with Crippen LogP contribution in [0.4, 0.5) is 0 Å². The van der Waals surface area contributed by atoms with E-state index in [0.717, 1.165) is 24.8 Å². The molecular formula is C18H16Cl2O. The Morgan fingerprint density at radius 3 is 2.71 bits per heavy atom. The Morgan fingerprint density at radius 1 is 1.10 bits per heavy atom. The average Bonchev–Trinajstić information content (AvgIpc) is 2.50. The van der Waals surface area contributed by atoms with Crippen molar-refractivity contribution >= 4 is 29.0 Å². The second kappa shape index (κ2) is 6.21. The van der Waals surface area contributed by atoms with Gasteiger partial charge >= 0.3 is 0 Å². The predicted octanol–water partition coefficient (Wildman–Crippen LogP) is 5.23. The number of fused-ring (bicyclic) bond motifs is 1. The summed E-state index contributed by atoms with van der Waals surface area (Å²) in [6.45, 7) is 0. The van der Waals surface area contributed by atoms with Gasteiger partial charge in [-0.1, -0.05) is 53.5 Å². The van der Waals surface area contributed by atoms with Gasteiger partial charge < -0.3 is 0 Å². The zero-order valence-corrected chi connectivity index (χ0v) is 13.1. The molecule has 1 nitrogen and oxygen atoms in total. The molecule has 0 radical (unpaired) electrons.